The summed E-state index contributed by atoms with van der Waals surface area (Å²) in [6.07, 6.45) is 0.0464. The van der Waals surface area contributed by atoms with Crippen LogP contribution < -0.4 is 15.4 Å². The largest absolute Gasteiger partial charge is 0.491 e. The number of rotatable bonds is 6. The van der Waals surface area contributed by atoms with Gasteiger partial charge in [0, 0.05) is 23.4 Å². The third kappa shape index (κ3) is 4.84. The third-order valence-electron chi connectivity index (χ3n) is 3.21. The first-order chi connectivity index (χ1) is 11.5. The van der Waals surface area contributed by atoms with Crippen LogP contribution in [0.15, 0.2) is 48.5 Å². The van der Waals surface area contributed by atoms with Gasteiger partial charge in [-0.25, -0.2) is 0 Å². The molecule has 0 aliphatic rings. The van der Waals surface area contributed by atoms with E-state index >= 15 is 0 Å². The fourth-order valence-electron chi connectivity index (χ4n) is 2.15. The SMILES string of the molecule is CCNC(=O)c1ccc(NC(=O)c2cccc(OC(C)C)c2)cc1. The van der Waals surface area contributed by atoms with Crippen LogP contribution in [0.1, 0.15) is 41.5 Å². The number of carbonyl (C=O) groups excluding carboxylic acids is 2. The first-order valence-electron chi connectivity index (χ1n) is 7.96. The van der Waals surface area contributed by atoms with Crippen LogP contribution in [0.3, 0.4) is 0 Å². The predicted octanol–water partition coefficient (Wildman–Crippen LogP) is 3.48. The Hall–Kier alpha value is -2.82. The molecule has 0 bridgehead atoms. The van der Waals surface area contributed by atoms with E-state index in [-0.39, 0.29) is 17.9 Å². The summed E-state index contributed by atoms with van der Waals surface area (Å²) >= 11 is 0. The minimum atomic E-state index is -0.227. The highest BCUT2D eigenvalue weighted by molar-refractivity contribution is 6.04. The van der Waals surface area contributed by atoms with Gasteiger partial charge in [-0.2, -0.15) is 0 Å². The Kier molecular flexibility index (Phi) is 5.95. The summed E-state index contributed by atoms with van der Waals surface area (Å²) in [6, 6.07) is 13.8. The van der Waals surface area contributed by atoms with E-state index in [2.05, 4.69) is 10.6 Å². The Morgan fingerprint density at radius 1 is 1.00 bits per heavy atom. The van der Waals surface area contributed by atoms with Crippen molar-refractivity contribution < 1.29 is 14.3 Å². The van der Waals surface area contributed by atoms with Crippen LogP contribution in [0.2, 0.25) is 0 Å². The quantitative estimate of drug-likeness (QED) is 0.854. The molecule has 0 aliphatic heterocycles. The van der Waals surface area contributed by atoms with Crippen LogP contribution >= 0.6 is 0 Å². The Bertz CT molecular complexity index is 709. The van der Waals surface area contributed by atoms with E-state index in [0.29, 0.717) is 29.1 Å². The number of nitrogens with one attached hydrogen (secondary N) is 2. The number of carbonyl (C=O) groups is 2. The van der Waals surface area contributed by atoms with E-state index in [4.69, 9.17) is 4.74 Å². The van der Waals surface area contributed by atoms with Gasteiger partial charge >= 0.3 is 0 Å². The van der Waals surface area contributed by atoms with Gasteiger partial charge in [0.1, 0.15) is 5.75 Å². The Labute approximate surface area is 142 Å². The molecule has 2 amide bonds. The normalized spacial score (nSPS) is 10.3. The number of hydrogen-bond acceptors (Lipinski definition) is 3. The zero-order valence-electron chi connectivity index (χ0n) is 14.1. The molecule has 2 rings (SSSR count). The lowest BCUT2D eigenvalue weighted by molar-refractivity contribution is 0.0955. The maximum atomic E-state index is 12.3. The van der Waals surface area contributed by atoms with E-state index in [1.54, 1.807) is 42.5 Å². The maximum Gasteiger partial charge on any atom is 0.255 e. The van der Waals surface area contributed by atoms with Gasteiger partial charge in [-0.05, 0) is 63.2 Å². The van der Waals surface area contributed by atoms with E-state index in [9.17, 15) is 9.59 Å². The molecule has 0 heterocycles. The lowest BCUT2D eigenvalue weighted by atomic mass is 10.1. The van der Waals surface area contributed by atoms with Crippen molar-refractivity contribution in [2.24, 2.45) is 0 Å². The second-order valence-electron chi connectivity index (χ2n) is 5.59. The van der Waals surface area contributed by atoms with E-state index < -0.39 is 0 Å². The summed E-state index contributed by atoms with van der Waals surface area (Å²) in [6.45, 7) is 6.31. The van der Waals surface area contributed by atoms with Crippen LogP contribution in [0.5, 0.6) is 5.75 Å². The monoisotopic (exact) mass is 326 g/mol. The van der Waals surface area contributed by atoms with Crippen molar-refractivity contribution in [1.82, 2.24) is 5.32 Å². The first kappa shape index (κ1) is 17.5. The number of hydrogen-bond donors (Lipinski definition) is 2. The Morgan fingerprint density at radius 2 is 1.71 bits per heavy atom. The van der Waals surface area contributed by atoms with Crippen molar-refractivity contribution in [2.75, 3.05) is 11.9 Å². The molecular weight excluding hydrogens is 304 g/mol. The average Bonchev–Trinajstić information content (AvgIpc) is 2.55. The molecule has 2 N–H and O–H groups in total. The summed E-state index contributed by atoms with van der Waals surface area (Å²) < 4.78 is 5.60. The van der Waals surface area contributed by atoms with Crippen LogP contribution in [0, 0.1) is 0 Å². The molecule has 0 saturated carbocycles. The highest BCUT2D eigenvalue weighted by atomic mass is 16.5. The molecule has 0 atom stereocenters. The number of amides is 2. The van der Waals surface area contributed by atoms with Crippen molar-refractivity contribution in [3.8, 4) is 5.75 Å². The minimum Gasteiger partial charge on any atom is -0.491 e. The fraction of sp³-hybridized carbons (Fsp3) is 0.263. The molecule has 0 aliphatic carbocycles. The molecule has 126 valence electrons. The molecule has 5 heteroatoms. The second kappa shape index (κ2) is 8.15. The van der Waals surface area contributed by atoms with Gasteiger partial charge in [0.2, 0.25) is 0 Å². The van der Waals surface area contributed by atoms with Gasteiger partial charge in [0.25, 0.3) is 11.8 Å². The number of anilines is 1. The van der Waals surface area contributed by atoms with Crippen molar-refractivity contribution in [2.45, 2.75) is 26.9 Å². The molecule has 5 nitrogen and oxygen atoms in total. The van der Waals surface area contributed by atoms with Crippen LogP contribution in [0.4, 0.5) is 5.69 Å². The Morgan fingerprint density at radius 3 is 2.33 bits per heavy atom. The molecule has 0 aromatic heterocycles. The van der Waals surface area contributed by atoms with E-state index in [1.165, 1.54) is 0 Å². The van der Waals surface area contributed by atoms with Gasteiger partial charge in [-0.15, -0.1) is 0 Å². The summed E-state index contributed by atoms with van der Waals surface area (Å²) in [5.41, 5.74) is 1.70. The maximum absolute atomic E-state index is 12.3. The van der Waals surface area contributed by atoms with E-state index in [1.807, 2.05) is 26.8 Å². The molecule has 0 unspecified atom stereocenters. The fourth-order valence-corrected chi connectivity index (χ4v) is 2.15. The second-order valence-corrected chi connectivity index (χ2v) is 5.59. The highest BCUT2D eigenvalue weighted by Crippen LogP contribution is 2.17. The lowest BCUT2D eigenvalue weighted by Crippen LogP contribution is -2.22. The van der Waals surface area contributed by atoms with Gasteiger partial charge in [0.05, 0.1) is 6.10 Å². The predicted molar refractivity (Wildman–Crippen MR) is 94.6 cm³/mol. The van der Waals surface area contributed by atoms with Gasteiger partial charge in [-0.1, -0.05) is 6.07 Å². The van der Waals surface area contributed by atoms with Crippen molar-refractivity contribution in [1.29, 1.82) is 0 Å². The molecule has 24 heavy (non-hydrogen) atoms. The molecule has 0 saturated heterocycles. The molecule has 0 spiro atoms. The molecule has 0 fully saturated rings. The number of ether oxygens (including phenoxy) is 1. The van der Waals surface area contributed by atoms with Gasteiger partial charge in [0.15, 0.2) is 0 Å². The first-order valence-corrected chi connectivity index (χ1v) is 7.96. The average molecular weight is 326 g/mol. The van der Waals surface area contributed by atoms with Crippen LogP contribution in [0.25, 0.3) is 0 Å². The standard InChI is InChI=1S/C19H22N2O3/c1-4-20-18(22)14-8-10-16(11-9-14)21-19(23)15-6-5-7-17(12-15)24-13(2)3/h5-13H,4H2,1-3H3,(H,20,22)(H,21,23). The van der Waals surface area contributed by atoms with Crippen molar-refractivity contribution in [3.63, 3.8) is 0 Å². The molecule has 2 aromatic carbocycles. The van der Waals surface area contributed by atoms with Crippen LogP contribution in [-0.2, 0) is 0 Å². The lowest BCUT2D eigenvalue weighted by Gasteiger charge is -2.11. The zero-order chi connectivity index (χ0) is 17.5. The molecule has 2 aromatic rings. The molecule has 0 radical (unpaired) electrons. The smallest absolute Gasteiger partial charge is 0.255 e. The van der Waals surface area contributed by atoms with E-state index in [0.717, 1.165) is 0 Å². The topological polar surface area (TPSA) is 67.4 Å². The highest BCUT2D eigenvalue weighted by Gasteiger charge is 2.09. The summed E-state index contributed by atoms with van der Waals surface area (Å²) in [5, 5.41) is 5.54. The van der Waals surface area contributed by atoms with Gasteiger partial charge in [-0.3, -0.25) is 9.59 Å². The van der Waals surface area contributed by atoms with Gasteiger partial charge < -0.3 is 15.4 Å². The minimum absolute atomic E-state index is 0.0464. The molecular formula is C19H22N2O3. The third-order valence-corrected chi connectivity index (χ3v) is 3.21. The van der Waals surface area contributed by atoms with Crippen LogP contribution in [-0.4, -0.2) is 24.5 Å². The van der Waals surface area contributed by atoms with Crippen molar-refractivity contribution >= 4 is 17.5 Å². The number of benzene rings is 2. The van der Waals surface area contributed by atoms with Crippen molar-refractivity contribution in [3.05, 3.63) is 59.7 Å². The summed E-state index contributed by atoms with van der Waals surface area (Å²) in [4.78, 5) is 24.0. The Balaban J connectivity index is 2.05. The zero-order valence-corrected chi connectivity index (χ0v) is 14.1. The summed E-state index contributed by atoms with van der Waals surface area (Å²) in [5.74, 6) is 0.299. The summed E-state index contributed by atoms with van der Waals surface area (Å²) in [7, 11) is 0.